The van der Waals surface area contributed by atoms with Gasteiger partial charge in [0.25, 0.3) is 0 Å². The Morgan fingerprint density at radius 3 is 1.88 bits per heavy atom. The fourth-order valence-corrected chi connectivity index (χ4v) is 9.66. The van der Waals surface area contributed by atoms with E-state index in [-0.39, 0.29) is 0 Å². The summed E-state index contributed by atoms with van der Waals surface area (Å²) >= 11 is 1.81. The van der Waals surface area contributed by atoms with Gasteiger partial charge in [0.2, 0.25) is 0 Å². The van der Waals surface area contributed by atoms with Crippen molar-refractivity contribution in [1.29, 1.82) is 0 Å². The highest BCUT2D eigenvalue weighted by atomic mass is 32.1. The van der Waals surface area contributed by atoms with Crippen LogP contribution in [0.1, 0.15) is 0 Å². The number of thiophene rings is 1. The van der Waals surface area contributed by atoms with Gasteiger partial charge in [0.15, 0.2) is 17.5 Å². The summed E-state index contributed by atoms with van der Waals surface area (Å²) in [6.45, 7) is 0. The first kappa shape index (κ1) is 31.9. The molecule has 0 radical (unpaired) electrons. The van der Waals surface area contributed by atoms with E-state index in [4.69, 9.17) is 19.4 Å². The molecule has 0 atom stereocenters. The van der Waals surface area contributed by atoms with E-state index in [1.807, 2.05) is 60.7 Å². The lowest BCUT2D eigenvalue weighted by atomic mass is 9.97. The Morgan fingerprint density at radius 2 is 1.04 bits per heavy atom. The molecule has 0 aliphatic carbocycles. The molecule has 8 aromatic carbocycles. The summed E-state index contributed by atoms with van der Waals surface area (Å²) in [7, 11) is 0. The maximum atomic E-state index is 6.14. The first-order chi connectivity index (χ1) is 28.2. The fourth-order valence-electron chi connectivity index (χ4n) is 8.49. The Morgan fingerprint density at radius 1 is 0.404 bits per heavy atom. The van der Waals surface area contributed by atoms with Crippen molar-refractivity contribution in [3.8, 4) is 51.0 Å². The maximum absolute atomic E-state index is 6.14. The van der Waals surface area contributed by atoms with Crippen LogP contribution >= 0.6 is 11.3 Å². The molecule has 0 aliphatic heterocycles. The van der Waals surface area contributed by atoms with Crippen LogP contribution in [0.5, 0.6) is 0 Å². The molecule has 0 N–H and O–H groups in total. The van der Waals surface area contributed by atoms with Gasteiger partial charge < -0.3 is 8.98 Å². The third-order valence-corrected chi connectivity index (χ3v) is 12.2. The molecule has 0 saturated heterocycles. The van der Waals surface area contributed by atoms with Crippen LogP contribution < -0.4 is 0 Å². The molecule has 0 fully saturated rings. The minimum Gasteiger partial charge on any atom is -0.456 e. The van der Waals surface area contributed by atoms with Crippen molar-refractivity contribution in [1.82, 2.24) is 19.5 Å². The smallest absolute Gasteiger partial charge is 0.164 e. The molecule has 0 saturated carbocycles. The van der Waals surface area contributed by atoms with Gasteiger partial charge in [-0.05, 0) is 60.2 Å². The molecule has 266 valence electrons. The Balaban J connectivity index is 1.04. The zero-order chi connectivity index (χ0) is 37.5. The third kappa shape index (κ3) is 5.04. The molecule has 57 heavy (non-hydrogen) atoms. The predicted molar refractivity (Wildman–Crippen MR) is 236 cm³/mol. The number of rotatable bonds is 5. The molecule has 4 heterocycles. The second-order valence-electron chi connectivity index (χ2n) is 14.4. The zero-order valence-electron chi connectivity index (χ0n) is 30.4. The molecule has 6 heteroatoms. The third-order valence-electron chi connectivity index (χ3n) is 11.1. The lowest BCUT2D eigenvalue weighted by molar-refractivity contribution is 0.669. The molecule has 0 spiro atoms. The minimum absolute atomic E-state index is 0.617. The van der Waals surface area contributed by atoms with Crippen molar-refractivity contribution in [3.63, 3.8) is 0 Å². The molecule has 12 rings (SSSR count). The van der Waals surface area contributed by atoms with Crippen LogP contribution in [0, 0.1) is 0 Å². The SMILES string of the molecule is c1ccc(-c2nc(-c3ccc4c(c3)sc3cccc(-c5cccc6c7ccccc7n(-c7ccccc7)c56)c34)nc(-c3ccc4oc5ccccc5c4c3)n2)cc1. The molecular weight excluding hydrogens is 717 g/mol. The van der Waals surface area contributed by atoms with Crippen molar-refractivity contribution >= 4 is 75.3 Å². The molecular formula is C51H30N4OS. The molecule has 0 aliphatic rings. The van der Waals surface area contributed by atoms with E-state index in [1.54, 1.807) is 11.3 Å². The fraction of sp³-hybridized carbons (Fsp3) is 0. The van der Waals surface area contributed by atoms with Gasteiger partial charge in [-0.15, -0.1) is 11.3 Å². The average molecular weight is 747 g/mol. The van der Waals surface area contributed by atoms with Gasteiger partial charge >= 0.3 is 0 Å². The molecule has 12 aromatic rings. The van der Waals surface area contributed by atoms with Crippen LogP contribution in [0.25, 0.3) is 115 Å². The number of fused-ring (bicyclic) bond motifs is 9. The van der Waals surface area contributed by atoms with Crippen LogP contribution in [0.2, 0.25) is 0 Å². The Kier molecular flexibility index (Phi) is 7.03. The summed E-state index contributed by atoms with van der Waals surface area (Å²) in [6, 6.07) is 63.9. The minimum atomic E-state index is 0.617. The van der Waals surface area contributed by atoms with E-state index in [1.165, 1.54) is 53.1 Å². The summed E-state index contributed by atoms with van der Waals surface area (Å²) in [5, 5.41) is 7.06. The lowest BCUT2D eigenvalue weighted by Crippen LogP contribution is -2.00. The second-order valence-corrected chi connectivity index (χ2v) is 15.4. The standard InChI is InChI=1S/C51H30N4OS/c1-3-13-31(14-4-1)49-52-50(32-26-28-44-41(29-32)36-18-8-10-23-43(36)56-44)54-51(53-49)33-25-27-40-46(30-33)57-45-24-12-19-37(47(40)45)39-21-11-20-38-35-17-7-9-22-42(35)55(48(38)39)34-15-5-2-6-16-34/h1-30H. The topological polar surface area (TPSA) is 56.7 Å². The Labute approximate surface area is 330 Å². The average Bonchev–Trinajstić information content (AvgIpc) is 3.96. The van der Waals surface area contributed by atoms with Crippen LogP contribution in [-0.4, -0.2) is 19.5 Å². The lowest BCUT2D eigenvalue weighted by Gasteiger charge is -2.13. The number of hydrogen-bond donors (Lipinski definition) is 0. The van der Waals surface area contributed by atoms with Crippen LogP contribution in [-0.2, 0) is 0 Å². The van der Waals surface area contributed by atoms with Crippen LogP contribution in [0.15, 0.2) is 186 Å². The summed E-state index contributed by atoms with van der Waals surface area (Å²) in [4.78, 5) is 15.3. The number of hydrogen-bond acceptors (Lipinski definition) is 5. The summed E-state index contributed by atoms with van der Waals surface area (Å²) < 4.78 is 11.0. The van der Waals surface area contributed by atoms with Gasteiger partial charge in [0.05, 0.1) is 11.0 Å². The number of nitrogens with zero attached hydrogens (tertiary/aromatic N) is 4. The van der Waals surface area contributed by atoms with Crippen LogP contribution in [0.4, 0.5) is 0 Å². The number of benzene rings is 8. The zero-order valence-corrected chi connectivity index (χ0v) is 31.2. The highest BCUT2D eigenvalue weighted by Crippen LogP contribution is 2.45. The highest BCUT2D eigenvalue weighted by Gasteiger charge is 2.20. The van der Waals surface area contributed by atoms with Crippen molar-refractivity contribution in [3.05, 3.63) is 182 Å². The normalized spacial score (nSPS) is 11.9. The molecule has 0 unspecified atom stereocenters. The predicted octanol–water partition coefficient (Wildman–Crippen LogP) is 13.9. The van der Waals surface area contributed by atoms with Gasteiger partial charge in [-0.25, -0.2) is 15.0 Å². The van der Waals surface area contributed by atoms with E-state index >= 15 is 0 Å². The van der Waals surface area contributed by atoms with Gasteiger partial charge in [-0.2, -0.15) is 0 Å². The van der Waals surface area contributed by atoms with Crippen molar-refractivity contribution in [2.75, 3.05) is 0 Å². The molecule has 4 aromatic heterocycles. The first-order valence-corrected chi connectivity index (χ1v) is 19.8. The van der Waals surface area contributed by atoms with Gasteiger partial charge in [-0.1, -0.05) is 127 Å². The van der Waals surface area contributed by atoms with Gasteiger partial charge in [0, 0.05) is 69.7 Å². The van der Waals surface area contributed by atoms with Crippen molar-refractivity contribution < 1.29 is 4.42 Å². The number of aromatic nitrogens is 4. The Hall–Kier alpha value is -7.41. The van der Waals surface area contributed by atoms with Crippen molar-refractivity contribution in [2.24, 2.45) is 0 Å². The number of para-hydroxylation sites is 4. The van der Waals surface area contributed by atoms with Gasteiger partial charge in [-0.3, -0.25) is 0 Å². The van der Waals surface area contributed by atoms with E-state index in [0.717, 1.165) is 44.3 Å². The molecule has 0 bridgehead atoms. The second kappa shape index (κ2) is 12.6. The summed E-state index contributed by atoms with van der Waals surface area (Å²) in [5.41, 5.74) is 10.5. The van der Waals surface area contributed by atoms with Crippen molar-refractivity contribution in [2.45, 2.75) is 0 Å². The monoisotopic (exact) mass is 746 g/mol. The first-order valence-electron chi connectivity index (χ1n) is 19.0. The quantitative estimate of drug-likeness (QED) is 0.176. The van der Waals surface area contributed by atoms with Gasteiger partial charge in [0.1, 0.15) is 11.2 Å². The number of furan rings is 1. The van der Waals surface area contributed by atoms with E-state index in [2.05, 4.69) is 126 Å². The highest BCUT2D eigenvalue weighted by molar-refractivity contribution is 7.26. The molecule has 0 amide bonds. The van der Waals surface area contributed by atoms with E-state index in [0.29, 0.717) is 17.5 Å². The summed E-state index contributed by atoms with van der Waals surface area (Å²) in [6.07, 6.45) is 0. The Bertz CT molecular complexity index is 3530. The maximum Gasteiger partial charge on any atom is 0.164 e. The summed E-state index contributed by atoms with van der Waals surface area (Å²) in [5.74, 6) is 1.88. The molecule has 5 nitrogen and oxygen atoms in total. The van der Waals surface area contributed by atoms with Crippen LogP contribution in [0.3, 0.4) is 0 Å². The van der Waals surface area contributed by atoms with E-state index < -0.39 is 0 Å². The largest absolute Gasteiger partial charge is 0.456 e. The van der Waals surface area contributed by atoms with E-state index in [9.17, 15) is 0 Å².